The number of anilines is 1. The van der Waals surface area contributed by atoms with Crippen LogP contribution in [0, 0.1) is 5.82 Å². The molecule has 0 saturated carbocycles. The fourth-order valence-corrected chi connectivity index (χ4v) is 2.81. The Kier molecular flexibility index (Phi) is 4.33. The van der Waals surface area contributed by atoms with E-state index in [1.807, 2.05) is 6.07 Å². The van der Waals surface area contributed by atoms with Gasteiger partial charge in [0.2, 0.25) is 5.91 Å². The molecule has 118 valence electrons. The third-order valence-electron chi connectivity index (χ3n) is 3.50. The normalized spacial score (nSPS) is 13.7. The van der Waals surface area contributed by atoms with Crippen LogP contribution in [0.25, 0.3) is 0 Å². The van der Waals surface area contributed by atoms with E-state index in [-0.39, 0.29) is 18.3 Å². The molecule has 1 aromatic carbocycles. The van der Waals surface area contributed by atoms with E-state index in [4.69, 9.17) is 0 Å². The van der Waals surface area contributed by atoms with Crippen LogP contribution < -0.4 is 5.32 Å². The van der Waals surface area contributed by atoms with E-state index in [1.165, 1.54) is 4.90 Å². The summed E-state index contributed by atoms with van der Waals surface area (Å²) in [4.78, 5) is 33.0. The zero-order valence-corrected chi connectivity index (χ0v) is 13.5. The summed E-state index contributed by atoms with van der Waals surface area (Å²) in [5.74, 6) is -1.63. The van der Waals surface area contributed by atoms with Crippen molar-refractivity contribution >= 4 is 33.6 Å². The van der Waals surface area contributed by atoms with Gasteiger partial charge in [0, 0.05) is 16.6 Å². The van der Waals surface area contributed by atoms with Gasteiger partial charge in [0.05, 0.1) is 6.20 Å². The summed E-state index contributed by atoms with van der Waals surface area (Å²) in [6.07, 6.45) is 2.76. The first-order chi connectivity index (χ1) is 11.0. The molecule has 8 heteroatoms. The maximum atomic E-state index is 13.4. The third-order valence-corrected chi connectivity index (χ3v) is 3.99. The van der Waals surface area contributed by atoms with Crippen molar-refractivity contribution in [3.05, 3.63) is 52.1 Å². The van der Waals surface area contributed by atoms with Crippen LogP contribution >= 0.6 is 15.9 Å². The van der Waals surface area contributed by atoms with Gasteiger partial charge >= 0.3 is 0 Å². The lowest BCUT2D eigenvalue weighted by atomic mass is 9.99. The first kappa shape index (κ1) is 15.5. The van der Waals surface area contributed by atoms with Crippen molar-refractivity contribution < 1.29 is 14.0 Å². The van der Waals surface area contributed by atoms with E-state index in [9.17, 15) is 14.0 Å². The molecule has 1 aliphatic heterocycles. The average molecular weight is 379 g/mol. The first-order valence-electron chi connectivity index (χ1n) is 6.87. The van der Waals surface area contributed by atoms with Crippen molar-refractivity contribution in [2.45, 2.75) is 6.42 Å². The van der Waals surface area contributed by atoms with Gasteiger partial charge in [-0.3, -0.25) is 9.59 Å². The standard InChI is InChI=1S/C15H12BrFN4O2/c16-10-1-2-11-9(5-10)3-4-21(15(11)23)7-13(22)20-14-12(17)6-18-8-19-14/h1-2,5-6,8H,3-4,7H2,(H,18,19,20,22). The Morgan fingerprint density at radius 1 is 1.43 bits per heavy atom. The van der Waals surface area contributed by atoms with Gasteiger partial charge in [-0.1, -0.05) is 15.9 Å². The molecule has 0 radical (unpaired) electrons. The van der Waals surface area contributed by atoms with Gasteiger partial charge < -0.3 is 10.2 Å². The molecule has 0 bridgehead atoms. The minimum absolute atomic E-state index is 0.155. The van der Waals surface area contributed by atoms with Crippen LogP contribution in [0.1, 0.15) is 15.9 Å². The Labute approximate surface area is 139 Å². The number of benzene rings is 1. The Balaban J connectivity index is 1.69. The van der Waals surface area contributed by atoms with Crippen molar-refractivity contribution in [3.8, 4) is 0 Å². The minimum atomic E-state index is -0.721. The molecule has 2 heterocycles. The van der Waals surface area contributed by atoms with Crippen LogP contribution in [0.4, 0.5) is 10.2 Å². The Morgan fingerprint density at radius 2 is 2.26 bits per heavy atom. The van der Waals surface area contributed by atoms with E-state index in [0.717, 1.165) is 22.6 Å². The van der Waals surface area contributed by atoms with Crippen molar-refractivity contribution in [2.24, 2.45) is 0 Å². The smallest absolute Gasteiger partial charge is 0.254 e. The average Bonchev–Trinajstić information content (AvgIpc) is 2.52. The Hall–Kier alpha value is -2.35. The van der Waals surface area contributed by atoms with E-state index < -0.39 is 11.7 Å². The first-order valence-corrected chi connectivity index (χ1v) is 7.67. The second-order valence-electron chi connectivity index (χ2n) is 5.05. The van der Waals surface area contributed by atoms with Crippen LogP contribution in [0.3, 0.4) is 0 Å². The highest BCUT2D eigenvalue weighted by atomic mass is 79.9. The summed E-state index contributed by atoms with van der Waals surface area (Å²) in [6, 6.07) is 5.42. The SMILES string of the molecule is O=C(CN1CCc2cc(Br)ccc2C1=O)Nc1ncncc1F. The molecule has 6 nitrogen and oxygen atoms in total. The number of carbonyl (C=O) groups is 2. The summed E-state index contributed by atoms with van der Waals surface area (Å²) in [5, 5.41) is 2.34. The fourth-order valence-electron chi connectivity index (χ4n) is 2.41. The van der Waals surface area contributed by atoms with Crippen LogP contribution in [0.2, 0.25) is 0 Å². The molecular formula is C15H12BrFN4O2. The molecule has 2 aromatic rings. The molecule has 0 unspecified atom stereocenters. The van der Waals surface area contributed by atoms with Crippen LogP contribution in [-0.2, 0) is 11.2 Å². The van der Waals surface area contributed by atoms with Crippen LogP contribution in [0.5, 0.6) is 0 Å². The molecule has 1 aliphatic rings. The maximum absolute atomic E-state index is 13.4. The predicted octanol–water partition coefficient (Wildman–Crippen LogP) is 2.02. The van der Waals surface area contributed by atoms with Crippen LogP contribution in [-0.4, -0.2) is 39.8 Å². The number of halogens is 2. The van der Waals surface area contributed by atoms with Crippen molar-refractivity contribution in [2.75, 3.05) is 18.4 Å². The molecule has 3 rings (SSSR count). The summed E-state index contributed by atoms with van der Waals surface area (Å²) < 4.78 is 14.3. The summed E-state index contributed by atoms with van der Waals surface area (Å²) in [7, 11) is 0. The molecule has 2 amide bonds. The molecule has 0 fully saturated rings. The number of rotatable bonds is 3. The summed E-state index contributed by atoms with van der Waals surface area (Å²) in [6.45, 7) is 0.278. The Bertz CT molecular complexity index is 784. The number of nitrogens with one attached hydrogen (secondary N) is 1. The summed E-state index contributed by atoms with van der Waals surface area (Å²) >= 11 is 3.37. The van der Waals surface area contributed by atoms with E-state index in [2.05, 4.69) is 31.2 Å². The molecule has 23 heavy (non-hydrogen) atoms. The second kappa shape index (κ2) is 6.41. The van der Waals surface area contributed by atoms with E-state index in [1.54, 1.807) is 12.1 Å². The zero-order chi connectivity index (χ0) is 16.4. The molecule has 0 aliphatic carbocycles. The lowest BCUT2D eigenvalue weighted by molar-refractivity contribution is -0.117. The number of hydrogen-bond donors (Lipinski definition) is 1. The number of fused-ring (bicyclic) bond motifs is 1. The Morgan fingerprint density at radius 3 is 3.04 bits per heavy atom. The molecule has 1 N–H and O–H groups in total. The molecular weight excluding hydrogens is 367 g/mol. The monoisotopic (exact) mass is 378 g/mol. The third kappa shape index (κ3) is 3.37. The highest BCUT2D eigenvalue weighted by Gasteiger charge is 2.26. The molecule has 0 saturated heterocycles. The minimum Gasteiger partial charge on any atom is -0.329 e. The quantitative estimate of drug-likeness (QED) is 0.886. The number of carbonyl (C=O) groups excluding carboxylic acids is 2. The number of aromatic nitrogens is 2. The molecule has 0 spiro atoms. The number of hydrogen-bond acceptors (Lipinski definition) is 4. The van der Waals surface area contributed by atoms with E-state index >= 15 is 0 Å². The lowest BCUT2D eigenvalue weighted by Crippen LogP contribution is -2.42. The molecule has 1 aromatic heterocycles. The summed E-state index contributed by atoms with van der Waals surface area (Å²) in [5.41, 5.74) is 1.53. The fraction of sp³-hybridized carbons (Fsp3) is 0.200. The zero-order valence-electron chi connectivity index (χ0n) is 11.9. The van der Waals surface area contributed by atoms with Gasteiger partial charge in [-0.15, -0.1) is 0 Å². The van der Waals surface area contributed by atoms with Gasteiger partial charge in [0.1, 0.15) is 12.9 Å². The van der Waals surface area contributed by atoms with Crippen molar-refractivity contribution in [3.63, 3.8) is 0 Å². The van der Waals surface area contributed by atoms with Crippen LogP contribution in [0.15, 0.2) is 35.2 Å². The molecule has 0 atom stereocenters. The van der Waals surface area contributed by atoms with Gasteiger partial charge in [-0.05, 0) is 30.2 Å². The number of amides is 2. The highest BCUT2D eigenvalue weighted by molar-refractivity contribution is 9.10. The predicted molar refractivity (Wildman–Crippen MR) is 84.4 cm³/mol. The number of nitrogens with zero attached hydrogens (tertiary/aromatic N) is 3. The topological polar surface area (TPSA) is 75.2 Å². The van der Waals surface area contributed by atoms with Gasteiger partial charge in [-0.25, -0.2) is 14.4 Å². The van der Waals surface area contributed by atoms with Gasteiger partial charge in [0.25, 0.3) is 5.91 Å². The van der Waals surface area contributed by atoms with Gasteiger partial charge in [-0.2, -0.15) is 0 Å². The largest absolute Gasteiger partial charge is 0.329 e. The lowest BCUT2D eigenvalue weighted by Gasteiger charge is -2.28. The van der Waals surface area contributed by atoms with E-state index in [0.29, 0.717) is 18.5 Å². The van der Waals surface area contributed by atoms with Crippen molar-refractivity contribution in [1.82, 2.24) is 14.9 Å². The van der Waals surface area contributed by atoms with Crippen molar-refractivity contribution in [1.29, 1.82) is 0 Å². The van der Waals surface area contributed by atoms with Gasteiger partial charge in [0.15, 0.2) is 11.6 Å². The second-order valence-corrected chi connectivity index (χ2v) is 5.96. The maximum Gasteiger partial charge on any atom is 0.254 e. The highest BCUT2D eigenvalue weighted by Crippen LogP contribution is 2.22.